The summed E-state index contributed by atoms with van der Waals surface area (Å²) in [6.07, 6.45) is 5.06. The smallest absolute Gasteiger partial charge is 0.323 e. The Hall–Kier alpha value is -2.07. The Balaban J connectivity index is 2.84. The van der Waals surface area contributed by atoms with Crippen LogP contribution in [0.3, 0.4) is 0 Å². The van der Waals surface area contributed by atoms with Crippen LogP contribution in [0.25, 0.3) is 0 Å². The minimum Gasteiger partial charge on any atom is -0.480 e. The molecule has 0 atom stereocenters. The standard InChI is InChI=1S/C12H10BrFN2O3/c1-2-5-16(7-11(17)18)12(19)15-10-6-8(14)3-4-9(10)13/h1,3-4,6H,5,7H2,(H,15,19)(H,17,18). The Morgan fingerprint density at radius 3 is 2.79 bits per heavy atom. The highest BCUT2D eigenvalue weighted by molar-refractivity contribution is 9.10. The summed E-state index contributed by atoms with van der Waals surface area (Å²) in [5.41, 5.74) is 0.192. The normalized spacial score (nSPS) is 9.53. The van der Waals surface area contributed by atoms with Crippen LogP contribution in [-0.2, 0) is 4.79 Å². The molecule has 0 spiro atoms. The minimum absolute atomic E-state index is 0.162. The number of hydrogen-bond donors (Lipinski definition) is 2. The molecule has 0 aliphatic rings. The molecule has 0 heterocycles. The van der Waals surface area contributed by atoms with E-state index in [2.05, 4.69) is 27.2 Å². The number of nitrogens with one attached hydrogen (secondary N) is 1. The number of hydrogen-bond acceptors (Lipinski definition) is 2. The number of carboxylic acid groups (broad SMARTS) is 1. The molecule has 100 valence electrons. The van der Waals surface area contributed by atoms with Gasteiger partial charge in [-0.25, -0.2) is 9.18 Å². The van der Waals surface area contributed by atoms with Crippen molar-refractivity contribution in [2.45, 2.75) is 0 Å². The molecule has 0 fully saturated rings. The van der Waals surface area contributed by atoms with Crippen molar-refractivity contribution in [3.8, 4) is 12.3 Å². The number of rotatable bonds is 4. The average molecular weight is 329 g/mol. The molecule has 0 aliphatic heterocycles. The second-order valence-corrected chi connectivity index (χ2v) is 4.36. The molecular weight excluding hydrogens is 319 g/mol. The predicted octanol–water partition coefficient (Wildman–Crippen LogP) is 2.14. The van der Waals surface area contributed by atoms with Crippen LogP contribution in [0.1, 0.15) is 0 Å². The van der Waals surface area contributed by atoms with Crippen molar-refractivity contribution in [1.82, 2.24) is 4.90 Å². The summed E-state index contributed by atoms with van der Waals surface area (Å²) in [4.78, 5) is 23.3. The Labute approximate surface area is 117 Å². The van der Waals surface area contributed by atoms with Crippen LogP contribution in [0, 0.1) is 18.2 Å². The first-order valence-electron chi connectivity index (χ1n) is 5.10. The second kappa shape index (κ2) is 6.75. The summed E-state index contributed by atoms with van der Waals surface area (Å²) >= 11 is 3.14. The lowest BCUT2D eigenvalue weighted by Gasteiger charge is -2.19. The molecule has 0 saturated heterocycles. The third kappa shape index (κ3) is 4.60. The van der Waals surface area contributed by atoms with Gasteiger partial charge in [-0.2, -0.15) is 0 Å². The van der Waals surface area contributed by atoms with Crippen molar-refractivity contribution in [1.29, 1.82) is 0 Å². The van der Waals surface area contributed by atoms with Crippen LogP contribution >= 0.6 is 15.9 Å². The van der Waals surface area contributed by atoms with Gasteiger partial charge in [-0.3, -0.25) is 4.79 Å². The van der Waals surface area contributed by atoms with E-state index in [1.54, 1.807) is 0 Å². The maximum absolute atomic E-state index is 13.0. The number of halogens is 2. The summed E-state index contributed by atoms with van der Waals surface area (Å²) in [6, 6.07) is 3.03. The topological polar surface area (TPSA) is 69.6 Å². The van der Waals surface area contributed by atoms with E-state index in [0.29, 0.717) is 4.47 Å². The maximum Gasteiger partial charge on any atom is 0.323 e. The van der Waals surface area contributed by atoms with Crippen molar-refractivity contribution in [3.63, 3.8) is 0 Å². The van der Waals surface area contributed by atoms with E-state index in [0.717, 1.165) is 11.0 Å². The van der Waals surface area contributed by atoms with Crippen molar-refractivity contribution in [2.75, 3.05) is 18.4 Å². The molecule has 0 radical (unpaired) electrons. The molecule has 0 bridgehead atoms. The van der Waals surface area contributed by atoms with Gasteiger partial charge < -0.3 is 15.3 Å². The van der Waals surface area contributed by atoms with Gasteiger partial charge in [0.1, 0.15) is 12.4 Å². The highest BCUT2D eigenvalue weighted by Crippen LogP contribution is 2.23. The van der Waals surface area contributed by atoms with Crippen LogP contribution in [0.2, 0.25) is 0 Å². The number of carboxylic acids is 1. The maximum atomic E-state index is 13.0. The fourth-order valence-electron chi connectivity index (χ4n) is 1.26. The largest absolute Gasteiger partial charge is 0.480 e. The molecular formula is C12H10BrFN2O3. The molecule has 2 N–H and O–H groups in total. The lowest BCUT2D eigenvalue weighted by molar-refractivity contribution is -0.137. The lowest BCUT2D eigenvalue weighted by Crippen LogP contribution is -2.39. The van der Waals surface area contributed by atoms with E-state index in [-0.39, 0.29) is 12.2 Å². The molecule has 0 saturated carbocycles. The SMILES string of the molecule is C#CCN(CC(=O)O)C(=O)Nc1cc(F)ccc1Br. The van der Waals surface area contributed by atoms with E-state index in [9.17, 15) is 14.0 Å². The molecule has 7 heteroatoms. The van der Waals surface area contributed by atoms with E-state index >= 15 is 0 Å². The highest BCUT2D eigenvalue weighted by atomic mass is 79.9. The highest BCUT2D eigenvalue weighted by Gasteiger charge is 2.16. The first kappa shape index (κ1) is 15.0. The van der Waals surface area contributed by atoms with Gasteiger partial charge in [0.05, 0.1) is 12.2 Å². The monoisotopic (exact) mass is 328 g/mol. The average Bonchev–Trinajstić information content (AvgIpc) is 2.32. The van der Waals surface area contributed by atoms with Gasteiger partial charge in [0.25, 0.3) is 0 Å². The first-order chi connectivity index (χ1) is 8.93. The number of urea groups is 1. The summed E-state index contributed by atoms with van der Waals surface area (Å²) in [5.74, 6) is 0.463. The number of carbonyl (C=O) groups excluding carboxylic acids is 1. The molecule has 0 aromatic heterocycles. The zero-order valence-electron chi connectivity index (χ0n) is 9.69. The fraction of sp³-hybridized carbons (Fsp3) is 0.167. The lowest BCUT2D eigenvalue weighted by atomic mass is 10.3. The van der Waals surface area contributed by atoms with E-state index < -0.39 is 24.4 Å². The van der Waals surface area contributed by atoms with E-state index in [1.807, 2.05) is 0 Å². The number of terminal acetylenes is 1. The second-order valence-electron chi connectivity index (χ2n) is 3.51. The summed E-state index contributed by atoms with van der Waals surface area (Å²) < 4.78 is 13.5. The Morgan fingerprint density at radius 2 is 2.21 bits per heavy atom. The van der Waals surface area contributed by atoms with E-state index in [4.69, 9.17) is 11.5 Å². The number of benzene rings is 1. The summed E-state index contributed by atoms with van der Waals surface area (Å²) in [7, 11) is 0. The number of anilines is 1. The number of nitrogens with zero attached hydrogens (tertiary/aromatic N) is 1. The Kier molecular flexibility index (Phi) is 5.33. The molecule has 0 unspecified atom stereocenters. The zero-order chi connectivity index (χ0) is 14.4. The number of carbonyl (C=O) groups is 2. The predicted molar refractivity (Wildman–Crippen MR) is 71.2 cm³/mol. The van der Waals surface area contributed by atoms with Gasteiger partial charge in [-0.05, 0) is 34.1 Å². The van der Waals surface area contributed by atoms with Gasteiger partial charge in [-0.15, -0.1) is 6.42 Å². The molecule has 0 aliphatic carbocycles. The number of amides is 2. The van der Waals surface area contributed by atoms with Gasteiger partial charge in [0.15, 0.2) is 0 Å². The van der Waals surface area contributed by atoms with Gasteiger partial charge in [-0.1, -0.05) is 5.92 Å². The molecule has 1 aromatic rings. The van der Waals surface area contributed by atoms with Crippen LogP contribution in [0.15, 0.2) is 22.7 Å². The van der Waals surface area contributed by atoms with Crippen LogP contribution < -0.4 is 5.32 Å². The molecule has 19 heavy (non-hydrogen) atoms. The molecule has 1 aromatic carbocycles. The van der Waals surface area contributed by atoms with Crippen LogP contribution in [0.4, 0.5) is 14.9 Å². The number of aliphatic carboxylic acids is 1. The van der Waals surface area contributed by atoms with Crippen molar-refractivity contribution in [2.24, 2.45) is 0 Å². The van der Waals surface area contributed by atoms with Crippen LogP contribution in [-0.4, -0.2) is 35.1 Å². The Bertz CT molecular complexity index is 542. The van der Waals surface area contributed by atoms with Crippen molar-refractivity contribution < 1.29 is 19.1 Å². The fourth-order valence-corrected chi connectivity index (χ4v) is 1.61. The third-order valence-corrected chi connectivity index (χ3v) is 2.76. The quantitative estimate of drug-likeness (QED) is 0.832. The zero-order valence-corrected chi connectivity index (χ0v) is 11.3. The van der Waals surface area contributed by atoms with Gasteiger partial charge in [0, 0.05) is 4.47 Å². The molecule has 2 amide bonds. The molecule has 1 rings (SSSR count). The Morgan fingerprint density at radius 1 is 1.53 bits per heavy atom. The van der Waals surface area contributed by atoms with Crippen molar-refractivity contribution in [3.05, 3.63) is 28.5 Å². The third-order valence-electron chi connectivity index (χ3n) is 2.07. The van der Waals surface area contributed by atoms with Crippen LogP contribution in [0.5, 0.6) is 0 Å². The van der Waals surface area contributed by atoms with Gasteiger partial charge >= 0.3 is 12.0 Å². The van der Waals surface area contributed by atoms with Gasteiger partial charge in [0.2, 0.25) is 0 Å². The van der Waals surface area contributed by atoms with Crippen molar-refractivity contribution >= 4 is 33.6 Å². The van der Waals surface area contributed by atoms with E-state index in [1.165, 1.54) is 12.1 Å². The molecule has 5 nitrogen and oxygen atoms in total. The first-order valence-corrected chi connectivity index (χ1v) is 5.89. The summed E-state index contributed by atoms with van der Waals surface area (Å²) in [6.45, 7) is -0.700. The summed E-state index contributed by atoms with van der Waals surface area (Å²) in [5, 5.41) is 11.0. The minimum atomic E-state index is -1.19.